The van der Waals surface area contributed by atoms with Gasteiger partial charge in [-0.15, -0.1) is 0 Å². The first kappa shape index (κ1) is 17.6. The lowest BCUT2D eigenvalue weighted by Crippen LogP contribution is -2.52. The van der Waals surface area contributed by atoms with Gasteiger partial charge in [0.15, 0.2) is 5.96 Å². The minimum absolute atomic E-state index is 0.0350. The molecule has 1 saturated heterocycles. The molecular formula is C18H24F2N4O. The van der Waals surface area contributed by atoms with Crippen molar-refractivity contribution in [1.82, 2.24) is 15.5 Å². The number of carbonyl (C=O) groups is 1. The molecule has 1 aromatic carbocycles. The number of piperidine rings is 1. The molecule has 2 aliphatic rings. The molecule has 7 heteroatoms. The zero-order chi connectivity index (χ0) is 18.0. The normalized spacial score (nSPS) is 26.6. The van der Waals surface area contributed by atoms with E-state index in [9.17, 15) is 13.6 Å². The van der Waals surface area contributed by atoms with Crippen LogP contribution in [-0.2, 0) is 4.79 Å². The Kier molecular flexibility index (Phi) is 5.20. The number of rotatable bonds is 4. The lowest BCUT2D eigenvalue weighted by molar-refractivity contribution is -0.132. The summed E-state index contributed by atoms with van der Waals surface area (Å²) in [4.78, 5) is 17.7. The van der Waals surface area contributed by atoms with Gasteiger partial charge in [0, 0.05) is 50.1 Å². The van der Waals surface area contributed by atoms with E-state index in [1.54, 1.807) is 11.9 Å². The summed E-state index contributed by atoms with van der Waals surface area (Å²) in [5.41, 5.74) is 0.152. The highest BCUT2D eigenvalue weighted by Crippen LogP contribution is 2.43. The van der Waals surface area contributed by atoms with Gasteiger partial charge in [-0.2, -0.15) is 0 Å². The average Bonchev–Trinajstić information content (AvgIpc) is 3.30. The molecule has 25 heavy (non-hydrogen) atoms. The molecular weight excluding hydrogens is 326 g/mol. The second-order valence-electron chi connectivity index (χ2n) is 6.71. The molecule has 1 aromatic rings. The Bertz CT molecular complexity index is 659. The highest BCUT2D eigenvalue weighted by molar-refractivity contribution is 5.82. The van der Waals surface area contributed by atoms with E-state index in [1.165, 1.54) is 18.2 Å². The minimum Gasteiger partial charge on any atom is -0.353 e. The van der Waals surface area contributed by atoms with Crippen LogP contribution in [0, 0.1) is 11.6 Å². The monoisotopic (exact) mass is 350 g/mol. The number of aliphatic imine (C=N–C) groups is 1. The quantitative estimate of drug-likeness (QED) is 0.645. The van der Waals surface area contributed by atoms with Gasteiger partial charge in [-0.3, -0.25) is 9.79 Å². The van der Waals surface area contributed by atoms with Crippen molar-refractivity contribution < 1.29 is 13.6 Å². The van der Waals surface area contributed by atoms with Crippen LogP contribution in [0.5, 0.6) is 0 Å². The van der Waals surface area contributed by atoms with E-state index in [0.29, 0.717) is 31.9 Å². The second kappa shape index (κ2) is 7.37. The third-order valence-electron chi connectivity index (χ3n) is 4.77. The number of amides is 1. The van der Waals surface area contributed by atoms with Crippen LogP contribution in [-0.4, -0.2) is 49.0 Å². The van der Waals surface area contributed by atoms with E-state index >= 15 is 0 Å². The molecule has 5 nitrogen and oxygen atoms in total. The molecule has 1 aliphatic carbocycles. The smallest absolute Gasteiger partial charge is 0.222 e. The van der Waals surface area contributed by atoms with E-state index in [1.807, 2.05) is 6.92 Å². The van der Waals surface area contributed by atoms with Crippen LogP contribution in [0.3, 0.4) is 0 Å². The molecule has 1 aliphatic heterocycles. The van der Waals surface area contributed by atoms with Gasteiger partial charge in [0.1, 0.15) is 11.6 Å². The number of hydrogen-bond donors (Lipinski definition) is 2. The Labute approximate surface area is 146 Å². The summed E-state index contributed by atoms with van der Waals surface area (Å²) in [5.74, 6) is -0.384. The molecule has 3 atom stereocenters. The van der Waals surface area contributed by atoms with Crippen LogP contribution in [0.2, 0.25) is 0 Å². The predicted molar refractivity (Wildman–Crippen MR) is 92.4 cm³/mol. The van der Waals surface area contributed by atoms with Gasteiger partial charge in [0.2, 0.25) is 5.91 Å². The Balaban J connectivity index is 1.60. The molecule has 1 saturated carbocycles. The van der Waals surface area contributed by atoms with Crippen LogP contribution >= 0.6 is 0 Å². The van der Waals surface area contributed by atoms with Crippen molar-refractivity contribution in [2.24, 2.45) is 4.99 Å². The molecule has 2 fully saturated rings. The number of nitrogens with zero attached hydrogens (tertiary/aromatic N) is 2. The van der Waals surface area contributed by atoms with Crippen molar-refractivity contribution in [3.8, 4) is 0 Å². The van der Waals surface area contributed by atoms with Crippen molar-refractivity contribution in [2.75, 3.05) is 20.1 Å². The summed E-state index contributed by atoms with van der Waals surface area (Å²) in [5, 5.41) is 6.61. The number of likely N-dealkylation sites (N-methyl/N-ethyl adjacent to an activating group) is 1. The molecule has 0 aromatic heterocycles. The Morgan fingerprint density at radius 2 is 2.04 bits per heavy atom. The topological polar surface area (TPSA) is 56.7 Å². The molecule has 0 radical (unpaired) electrons. The predicted octanol–water partition coefficient (Wildman–Crippen LogP) is 2.00. The lowest BCUT2D eigenvalue weighted by Gasteiger charge is -2.31. The van der Waals surface area contributed by atoms with Gasteiger partial charge in [-0.25, -0.2) is 8.78 Å². The van der Waals surface area contributed by atoms with Gasteiger partial charge >= 0.3 is 0 Å². The highest BCUT2D eigenvalue weighted by atomic mass is 19.1. The fraction of sp³-hybridized carbons (Fsp3) is 0.556. The zero-order valence-electron chi connectivity index (χ0n) is 14.6. The first-order chi connectivity index (χ1) is 12.0. The van der Waals surface area contributed by atoms with Crippen LogP contribution in [0.1, 0.15) is 37.7 Å². The van der Waals surface area contributed by atoms with Crippen molar-refractivity contribution in [2.45, 2.75) is 44.2 Å². The third-order valence-corrected chi connectivity index (χ3v) is 4.77. The summed E-state index contributed by atoms with van der Waals surface area (Å²) in [6.45, 7) is 3.16. The standard InChI is InChI=1S/C18H24F2N4O/c1-3-21-18(22-11-7-8-16(25)24(2)10-11)23-15-9-12(15)17-13(19)5-4-6-14(17)20/h4-6,11-12,15H,3,7-10H2,1-2H3,(H2,21,22,23). The number of hydrogen-bond acceptors (Lipinski definition) is 2. The Hall–Kier alpha value is -2.18. The molecule has 1 amide bonds. The number of guanidine groups is 1. The maximum atomic E-state index is 13.9. The summed E-state index contributed by atoms with van der Waals surface area (Å²) >= 11 is 0. The van der Waals surface area contributed by atoms with Crippen LogP contribution < -0.4 is 10.6 Å². The lowest BCUT2D eigenvalue weighted by atomic mass is 10.1. The summed E-state index contributed by atoms with van der Waals surface area (Å²) in [7, 11) is 1.79. The van der Waals surface area contributed by atoms with Gasteiger partial charge in [-0.1, -0.05) is 6.07 Å². The van der Waals surface area contributed by atoms with E-state index < -0.39 is 11.6 Å². The summed E-state index contributed by atoms with van der Waals surface area (Å²) in [6, 6.07) is 4.06. The molecule has 1 heterocycles. The van der Waals surface area contributed by atoms with Crippen molar-refractivity contribution in [3.05, 3.63) is 35.4 Å². The number of halogens is 2. The van der Waals surface area contributed by atoms with Crippen LogP contribution in [0.25, 0.3) is 0 Å². The Morgan fingerprint density at radius 1 is 1.32 bits per heavy atom. The van der Waals surface area contributed by atoms with E-state index in [-0.39, 0.29) is 29.5 Å². The molecule has 0 spiro atoms. The number of likely N-dealkylation sites (tertiary alicyclic amines) is 1. The molecule has 3 unspecified atom stereocenters. The maximum Gasteiger partial charge on any atom is 0.222 e. The number of nitrogens with one attached hydrogen (secondary N) is 2. The van der Waals surface area contributed by atoms with E-state index in [2.05, 4.69) is 15.6 Å². The van der Waals surface area contributed by atoms with Gasteiger partial charge in [-0.05, 0) is 31.9 Å². The number of carbonyl (C=O) groups excluding carboxylic acids is 1. The second-order valence-corrected chi connectivity index (χ2v) is 6.71. The van der Waals surface area contributed by atoms with Crippen LogP contribution in [0.15, 0.2) is 23.2 Å². The largest absolute Gasteiger partial charge is 0.353 e. The summed E-state index contributed by atoms with van der Waals surface area (Å²) in [6.07, 6.45) is 1.94. The molecule has 3 rings (SSSR count). The zero-order valence-corrected chi connectivity index (χ0v) is 14.6. The Morgan fingerprint density at radius 3 is 2.68 bits per heavy atom. The minimum atomic E-state index is -0.497. The fourth-order valence-electron chi connectivity index (χ4n) is 3.33. The van der Waals surface area contributed by atoms with Gasteiger partial charge < -0.3 is 15.5 Å². The first-order valence-corrected chi connectivity index (χ1v) is 8.75. The molecule has 2 N–H and O–H groups in total. The molecule has 136 valence electrons. The van der Waals surface area contributed by atoms with Gasteiger partial charge in [0.25, 0.3) is 0 Å². The van der Waals surface area contributed by atoms with Crippen molar-refractivity contribution >= 4 is 11.9 Å². The van der Waals surface area contributed by atoms with Crippen molar-refractivity contribution in [1.29, 1.82) is 0 Å². The van der Waals surface area contributed by atoms with Crippen molar-refractivity contribution in [3.63, 3.8) is 0 Å². The summed E-state index contributed by atoms with van der Waals surface area (Å²) < 4.78 is 27.8. The van der Waals surface area contributed by atoms with Gasteiger partial charge in [0.05, 0.1) is 0 Å². The average molecular weight is 350 g/mol. The highest BCUT2D eigenvalue weighted by Gasteiger charge is 2.42. The van der Waals surface area contributed by atoms with E-state index in [0.717, 1.165) is 6.42 Å². The first-order valence-electron chi connectivity index (χ1n) is 8.75. The maximum absolute atomic E-state index is 13.9. The third kappa shape index (κ3) is 4.08. The SMILES string of the molecule is CCN=C(NC1CCC(=O)N(C)C1)NC1CC1c1c(F)cccc1F. The molecule has 0 bridgehead atoms. The fourth-order valence-corrected chi connectivity index (χ4v) is 3.33. The van der Waals surface area contributed by atoms with Crippen LogP contribution in [0.4, 0.5) is 8.78 Å². The number of benzene rings is 1. The van der Waals surface area contributed by atoms with E-state index in [4.69, 9.17) is 0 Å².